The fourth-order valence-corrected chi connectivity index (χ4v) is 5.31. The highest BCUT2D eigenvalue weighted by Crippen LogP contribution is 2.32. The van der Waals surface area contributed by atoms with Gasteiger partial charge in [0.05, 0.1) is 11.4 Å². The average molecular weight is 343 g/mol. The largest absolute Gasteiger partial charge is 0.302 e. The van der Waals surface area contributed by atoms with E-state index in [1.807, 2.05) is 6.92 Å². The number of amides is 1. The molecule has 0 radical (unpaired) electrons. The first-order chi connectivity index (χ1) is 10.5. The van der Waals surface area contributed by atoms with Crippen molar-refractivity contribution in [3.05, 3.63) is 10.6 Å². The molecule has 6 nitrogen and oxygen atoms in total. The van der Waals surface area contributed by atoms with E-state index >= 15 is 0 Å². The zero-order valence-corrected chi connectivity index (χ0v) is 14.3. The minimum absolute atomic E-state index is 0.0489. The van der Waals surface area contributed by atoms with E-state index in [0.29, 0.717) is 31.1 Å². The number of nitrogens with zero attached hydrogens (tertiary/aromatic N) is 2. The maximum absolute atomic E-state index is 12.2. The van der Waals surface area contributed by atoms with Crippen LogP contribution in [0.1, 0.15) is 43.2 Å². The lowest BCUT2D eigenvalue weighted by Crippen LogP contribution is -2.36. The number of thiazole rings is 1. The number of carbonyl (C=O) groups excluding carboxylic acids is 1. The van der Waals surface area contributed by atoms with Gasteiger partial charge in [0.15, 0.2) is 5.13 Å². The Bertz CT molecular complexity index is 665. The van der Waals surface area contributed by atoms with Crippen molar-refractivity contribution < 1.29 is 13.2 Å². The molecule has 8 heteroatoms. The molecule has 1 N–H and O–H groups in total. The van der Waals surface area contributed by atoms with E-state index in [0.717, 1.165) is 29.8 Å². The van der Waals surface area contributed by atoms with Gasteiger partial charge in [-0.05, 0) is 19.3 Å². The summed E-state index contributed by atoms with van der Waals surface area (Å²) >= 11 is 1.40. The van der Waals surface area contributed by atoms with Crippen molar-refractivity contribution >= 4 is 32.4 Å². The number of fused-ring (bicyclic) bond motifs is 1. The summed E-state index contributed by atoms with van der Waals surface area (Å²) in [5, 5.41) is 3.49. The van der Waals surface area contributed by atoms with Crippen molar-refractivity contribution in [3.8, 4) is 0 Å². The Morgan fingerprint density at radius 1 is 1.45 bits per heavy atom. The zero-order chi connectivity index (χ0) is 15.7. The summed E-state index contributed by atoms with van der Waals surface area (Å²) in [6, 6.07) is 0. The number of hydrogen-bond acceptors (Lipinski definition) is 5. The van der Waals surface area contributed by atoms with Crippen molar-refractivity contribution in [3.63, 3.8) is 0 Å². The maximum atomic E-state index is 12.2. The van der Waals surface area contributed by atoms with Crippen LogP contribution < -0.4 is 5.32 Å². The van der Waals surface area contributed by atoms with Gasteiger partial charge in [-0.3, -0.25) is 4.79 Å². The Balaban J connectivity index is 1.68. The second kappa shape index (κ2) is 6.25. The minimum Gasteiger partial charge on any atom is -0.302 e. The quantitative estimate of drug-likeness (QED) is 0.886. The zero-order valence-electron chi connectivity index (χ0n) is 12.7. The van der Waals surface area contributed by atoms with Crippen molar-refractivity contribution in [2.75, 3.05) is 17.6 Å². The molecule has 2 aliphatic rings. The molecule has 1 aromatic heterocycles. The summed E-state index contributed by atoms with van der Waals surface area (Å²) in [4.78, 5) is 17.4. The van der Waals surface area contributed by atoms with Crippen LogP contribution in [0.4, 0.5) is 5.13 Å². The highest BCUT2D eigenvalue weighted by Gasteiger charge is 2.30. The minimum atomic E-state index is -3.17. The molecule has 22 heavy (non-hydrogen) atoms. The van der Waals surface area contributed by atoms with Crippen LogP contribution in [0.5, 0.6) is 0 Å². The Morgan fingerprint density at radius 2 is 2.23 bits per heavy atom. The van der Waals surface area contributed by atoms with Crippen LogP contribution in [0.3, 0.4) is 0 Å². The van der Waals surface area contributed by atoms with Gasteiger partial charge < -0.3 is 5.32 Å². The second-order valence-electron chi connectivity index (χ2n) is 5.91. The number of aromatic nitrogens is 1. The van der Waals surface area contributed by atoms with Gasteiger partial charge in [0, 0.05) is 30.3 Å². The third kappa shape index (κ3) is 3.18. The van der Waals surface area contributed by atoms with E-state index < -0.39 is 10.0 Å². The van der Waals surface area contributed by atoms with E-state index in [9.17, 15) is 13.2 Å². The highest BCUT2D eigenvalue weighted by atomic mass is 32.2. The second-order valence-corrected chi connectivity index (χ2v) is 9.08. The normalized spacial score (nSPS) is 19.5. The molecule has 1 amide bonds. The molecular formula is C14H21N3O3S2. The molecule has 3 rings (SSSR count). The lowest BCUT2D eigenvalue weighted by molar-refractivity contribution is -0.122. The van der Waals surface area contributed by atoms with E-state index in [-0.39, 0.29) is 17.6 Å². The summed E-state index contributed by atoms with van der Waals surface area (Å²) in [6.45, 7) is 2.73. The van der Waals surface area contributed by atoms with Crippen LogP contribution in [0, 0.1) is 5.92 Å². The van der Waals surface area contributed by atoms with Crippen LogP contribution in [-0.2, 0) is 27.8 Å². The van der Waals surface area contributed by atoms with Crippen LogP contribution in [0.15, 0.2) is 0 Å². The first kappa shape index (κ1) is 15.9. The monoisotopic (exact) mass is 343 g/mol. The Kier molecular flexibility index (Phi) is 4.52. The fraction of sp³-hybridized carbons (Fsp3) is 0.714. The third-order valence-corrected chi connectivity index (χ3v) is 7.28. The summed E-state index contributed by atoms with van der Waals surface area (Å²) in [5.74, 6) is 0.363. The van der Waals surface area contributed by atoms with Crippen LogP contribution >= 0.6 is 11.3 Å². The highest BCUT2D eigenvalue weighted by molar-refractivity contribution is 7.89. The SMILES string of the molecule is CCCS(=O)(=O)N1CCc2nc(NC(=O)C3CCC3)sc2C1. The topological polar surface area (TPSA) is 79.4 Å². The van der Waals surface area contributed by atoms with E-state index in [1.165, 1.54) is 15.6 Å². The summed E-state index contributed by atoms with van der Waals surface area (Å²) in [5.41, 5.74) is 0.928. The molecule has 0 spiro atoms. The number of anilines is 1. The summed E-state index contributed by atoms with van der Waals surface area (Å²) < 4.78 is 25.8. The molecule has 1 fully saturated rings. The molecule has 0 aromatic carbocycles. The van der Waals surface area contributed by atoms with Gasteiger partial charge in [-0.15, -0.1) is 11.3 Å². The van der Waals surface area contributed by atoms with E-state index in [4.69, 9.17) is 0 Å². The summed E-state index contributed by atoms with van der Waals surface area (Å²) in [6.07, 6.45) is 4.28. The molecule has 1 saturated carbocycles. The molecule has 1 aromatic rings. The third-order valence-electron chi connectivity index (χ3n) is 4.26. The molecular weight excluding hydrogens is 322 g/mol. The molecule has 0 atom stereocenters. The molecule has 2 heterocycles. The van der Waals surface area contributed by atoms with Crippen molar-refractivity contribution in [1.29, 1.82) is 0 Å². The maximum Gasteiger partial charge on any atom is 0.229 e. The van der Waals surface area contributed by atoms with Crippen LogP contribution in [-0.4, -0.2) is 35.9 Å². The first-order valence-corrected chi connectivity index (χ1v) is 10.2. The molecule has 1 aliphatic heterocycles. The first-order valence-electron chi connectivity index (χ1n) is 7.77. The van der Waals surface area contributed by atoms with E-state index in [1.54, 1.807) is 0 Å². The lowest BCUT2D eigenvalue weighted by Gasteiger charge is -2.25. The van der Waals surface area contributed by atoms with Gasteiger partial charge in [0.25, 0.3) is 0 Å². The number of rotatable bonds is 5. The molecule has 1 aliphatic carbocycles. The molecule has 0 unspecified atom stereocenters. The van der Waals surface area contributed by atoms with Gasteiger partial charge in [0.1, 0.15) is 0 Å². The Hall–Kier alpha value is -0.990. The van der Waals surface area contributed by atoms with Gasteiger partial charge in [-0.1, -0.05) is 13.3 Å². The number of nitrogens with one attached hydrogen (secondary N) is 1. The fourth-order valence-electron chi connectivity index (χ4n) is 2.73. The van der Waals surface area contributed by atoms with Gasteiger partial charge in [-0.2, -0.15) is 4.31 Å². The van der Waals surface area contributed by atoms with Crippen LogP contribution in [0.2, 0.25) is 0 Å². The molecule has 0 bridgehead atoms. The van der Waals surface area contributed by atoms with Gasteiger partial charge in [0.2, 0.25) is 15.9 Å². The predicted octanol–water partition coefficient (Wildman–Crippen LogP) is 1.98. The predicted molar refractivity (Wildman–Crippen MR) is 86.3 cm³/mol. The molecule has 122 valence electrons. The number of sulfonamides is 1. The number of hydrogen-bond donors (Lipinski definition) is 1. The average Bonchev–Trinajstić information content (AvgIpc) is 2.77. The number of carbonyl (C=O) groups is 1. The van der Waals surface area contributed by atoms with Gasteiger partial charge in [-0.25, -0.2) is 13.4 Å². The molecule has 0 saturated heterocycles. The van der Waals surface area contributed by atoms with Crippen molar-refractivity contribution in [2.24, 2.45) is 5.92 Å². The summed E-state index contributed by atoms with van der Waals surface area (Å²) in [7, 11) is -3.17. The van der Waals surface area contributed by atoms with Crippen molar-refractivity contribution in [2.45, 2.75) is 45.6 Å². The van der Waals surface area contributed by atoms with E-state index in [2.05, 4.69) is 10.3 Å². The van der Waals surface area contributed by atoms with Crippen LogP contribution in [0.25, 0.3) is 0 Å². The Labute approximate surface area is 135 Å². The lowest BCUT2D eigenvalue weighted by atomic mass is 9.85. The standard InChI is InChI=1S/C14H21N3O3S2/c1-2-8-22(19,20)17-7-6-11-12(9-17)21-14(15-11)16-13(18)10-4-3-5-10/h10H,2-9H2,1H3,(H,15,16,18). The van der Waals surface area contributed by atoms with Gasteiger partial charge >= 0.3 is 0 Å². The van der Waals surface area contributed by atoms with Crippen molar-refractivity contribution in [1.82, 2.24) is 9.29 Å². The smallest absolute Gasteiger partial charge is 0.229 e. The Morgan fingerprint density at radius 3 is 2.86 bits per heavy atom.